The number of carbonyl (C=O) groups excluding carboxylic acids is 1. The second kappa shape index (κ2) is 8.89. The number of piperazine rings is 1. The molecule has 2 fully saturated rings. The molecule has 0 unspecified atom stereocenters. The first kappa shape index (κ1) is 22.1. The van der Waals surface area contributed by atoms with Gasteiger partial charge in [0.2, 0.25) is 5.91 Å². The van der Waals surface area contributed by atoms with Gasteiger partial charge in [-0.1, -0.05) is 18.2 Å². The molecule has 2 aromatic carbocycles. The van der Waals surface area contributed by atoms with E-state index < -0.39 is 17.7 Å². The van der Waals surface area contributed by atoms with Gasteiger partial charge in [0.25, 0.3) is 0 Å². The number of para-hydroxylation sites is 1. The van der Waals surface area contributed by atoms with Crippen molar-refractivity contribution < 1.29 is 22.7 Å². The van der Waals surface area contributed by atoms with Crippen LogP contribution in [0.5, 0.6) is 0 Å². The molecular weight excluding hydrogens is 431 g/mol. The van der Waals surface area contributed by atoms with E-state index in [9.17, 15) is 18.0 Å². The fourth-order valence-electron chi connectivity index (χ4n) is 5.32. The monoisotopic (exact) mass is 459 g/mol. The molecule has 2 aromatic rings. The Morgan fingerprint density at radius 2 is 1.94 bits per heavy atom. The van der Waals surface area contributed by atoms with E-state index in [4.69, 9.17) is 4.74 Å². The highest BCUT2D eigenvalue weighted by molar-refractivity contribution is 5.82. The molecule has 3 aliphatic rings. The summed E-state index contributed by atoms with van der Waals surface area (Å²) in [5, 5.41) is 3.03. The van der Waals surface area contributed by atoms with Crippen molar-refractivity contribution >= 4 is 17.3 Å². The second-order valence-electron chi connectivity index (χ2n) is 9.07. The lowest BCUT2D eigenvalue weighted by molar-refractivity contribution is -0.137. The normalized spacial score (nSPS) is 24.9. The number of nitrogens with one attached hydrogen (secondary N) is 1. The molecule has 5 nitrogen and oxygen atoms in total. The van der Waals surface area contributed by atoms with Crippen LogP contribution in [-0.4, -0.2) is 50.8 Å². The minimum Gasteiger partial charge on any atom is -0.376 e. The summed E-state index contributed by atoms with van der Waals surface area (Å²) in [6, 6.07) is 13.9. The summed E-state index contributed by atoms with van der Waals surface area (Å²) in [4.78, 5) is 17.7. The lowest BCUT2D eigenvalue weighted by atomic mass is 9.82. The van der Waals surface area contributed by atoms with Gasteiger partial charge in [0.1, 0.15) is 0 Å². The van der Waals surface area contributed by atoms with E-state index >= 15 is 0 Å². The summed E-state index contributed by atoms with van der Waals surface area (Å²) in [6.45, 7) is 3.18. The van der Waals surface area contributed by atoms with Crippen LogP contribution >= 0.6 is 0 Å². The van der Waals surface area contributed by atoms with Gasteiger partial charge in [0.05, 0.1) is 23.6 Å². The molecule has 0 spiro atoms. The zero-order valence-corrected chi connectivity index (χ0v) is 18.4. The standard InChI is InChI=1S/C25H28F3N3O2/c26-25(27,28)18-8-9-22-17(13-18)14-21(24(32)29-15-20-7-4-12-33-20)23-16-30(10-11-31(22)23)19-5-2-1-3-6-19/h1-3,5-6,8-9,13,20-21,23H,4,7,10-12,14-16H2,(H,29,32)/t20-,21-,23+/m1/s1. The lowest BCUT2D eigenvalue weighted by Crippen LogP contribution is -2.61. The van der Waals surface area contributed by atoms with E-state index in [1.807, 2.05) is 18.2 Å². The van der Waals surface area contributed by atoms with Crippen LogP contribution in [-0.2, 0) is 22.1 Å². The van der Waals surface area contributed by atoms with Gasteiger partial charge in [-0.25, -0.2) is 0 Å². The Bertz CT molecular complexity index is 992. The Morgan fingerprint density at radius 3 is 2.67 bits per heavy atom. The van der Waals surface area contributed by atoms with Crippen molar-refractivity contribution in [2.75, 3.05) is 42.6 Å². The van der Waals surface area contributed by atoms with Gasteiger partial charge in [-0.15, -0.1) is 0 Å². The molecule has 1 amide bonds. The minimum absolute atomic E-state index is 0.0185. The van der Waals surface area contributed by atoms with Crippen LogP contribution in [0.4, 0.5) is 24.5 Å². The van der Waals surface area contributed by atoms with Gasteiger partial charge in [0.15, 0.2) is 0 Å². The summed E-state index contributed by atoms with van der Waals surface area (Å²) in [7, 11) is 0. The third-order valence-corrected chi connectivity index (χ3v) is 7.03. The Morgan fingerprint density at radius 1 is 1.12 bits per heavy atom. The maximum absolute atomic E-state index is 13.4. The fourth-order valence-corrected chi connectivity index (χ4v) is 5.32. The van der Waals surface area contributed by atoms with Gasteiger partial charge in [-0.2, -0.15) is 13.2 Å². The van der Waals surface area contributed by atoms with Crippen LogP contribution in [0.2, 0.25) is 0 Å². The molecule has 0 aromatic heterocycles. The molecule has 3 heterocycles. The second-order valence-corrected chi connectivity index (χ2v) is 9.07. The van der Waals surface area contributed by atoms with Crippen LogP contribution in [0.25, 0.3) is 0 Å². The molecule has 176 valence electrons. The molecule has 0 radical (unpaired) electrons. The number of amides is 1. The number of nitrogens with zero attached hydrogens (tertiary/aromatic N) is 2. The molecule has 8 heteroatoms. The Hall–Kier alpha value is -2.74. The average Bonchev–Trinajstić information content (AvgIpc) is 3.35. The summed E-state index contributed by atoms with van der Waals surface area (Å²) in [5.74, 6) is -0.549. The zero-order valence-electron chi connectivity index (χ0n) is 18.4. The molecule has 2 saturated heterocycles. The molecule has 0 aliphatic carbocycles. The van der Waals surface area contributed by atoms with E-state index in [1.165, 1.54) is 6.07 Å². The van der Waals surface area contributed by atoms with Crippen molar-refractivity contribution in [1.29, 1.82) is 0 Å². The topological polar surface area (TPSA) is 44.8 Å². The lowest BCUT2D eigenvalue weighted by Gasteiger charge is -2.49. The molecule has 3 atom stereocenters. The number of halogens is 3. The van der Waals surface area contributed by atoms with Crippen LogP contribution < -0.4 is 15.1 Å². The fraction of sp³-hybridized carbons (Fsp3) is 0.480. The molecule has 0 bridgehead atoms. The van der Waals surface area contributed by atoms with Gasteiger partial charge < -0.3 is 19.9 Å². The van der Waals surface area contributed by atoms with Crippen LogP contribution in [0, 0.1) is 5.92 Å². The number of fused-ring (bicyclic) bond motifs is 3. The Kier molecular flexibility index (Phi) is 5.95. The Balaban J connectivity index is 1.42. The maximum Gasteiger partial charge on any atom is 0.416 e. The number of benzene rings is 2. The van der Waals surface area contributed by atoms with Gasteiger partial charge in [-0.05, 0) is 55.2 Å². The van der Waals surface area contributed by atoms with Crippen molar-refractivity contribution in [1.82, 2.24) is 5.32 Å². The summed E-state index contributed by atoms with van der Waals surface area (Å²) >= 11 is 0. The predicted octanol–water partition coefficient (Wildman–Crippen LogP) is 3.87. The summed E-state index contributed by atoms with van der Waals surface area (Å²) in [6.07, 6.45) is -2.19. The quantitative estimate of drug-likeness (QED) is 0.754. The zero-order chi connectivity index (χ0) is 23.0. The van der Waals surface area contributed by atoms with Crippen LogP contribution in [0.1, 0.15) is 24.0 Å². The molecule has 33 heavy (non-hydrogen) atoms. The van der Waals surface area contributed by atoms with Crippen molar-refractivity contribution in [3.05, 3.63) is 59.7 Å². The van der Waals surface area contributed by atoms with E-state index in [2.05, 4.69) is 27.2 Å². The number of rotatable bonds is 4. The van der Waals surface area contributed by atoms with E-state index in [0.29, 0.717) is 38.2 Å². The number of hydrogen-bond acceptors (Lipinski definition) is 4. The third-order valence-electron chi connectivity index (χ3n) is 7.03. The highest BCUT2D eigenvalue weighted by atomic mass is 19.4. The maximum atomic E-state index is 13.4. The van der Waals surface area contributed by atoms with Gasteiger partial charge in [0, 0.05) is 44.2 Å². The average molecular weight is 460 g/mol. The SMILES string of the molecule is O=C(NC[C@H]1CCCO1)[C@@H]1Cc2cc(C(F)(F)F)ccc2N2CCN(c3ccccc3)C[C@@H]12. The molecular formula is C25H28F3N3O2. The van der Waals surface area contributed by atoms with Crippen molar-refractivity contribution in [3.8, 4) is 0 Å². The first-order chi connectivity index (χ1) is 15.9. The van der Waals surface area contributed by atoms with Gasteiger partial charge in [-0.3, -0.25) is 4.79 Å². The van der Waals surface area contributed by atoms with Crippen molar-refractivity contribution in [2.45, 2.75) is 37.6 Å². The number of ether oxygens (including phenoxy) is 1. The van der Waals surface area contributed by atoms with Crippen LogP contribution in [0.15, 0.2) is 48.5 Å². The molecule has 0 saturated carbocycles. The summed E-state index contributed by atoms with van der Waals surface area (Å²) < 4.78 is 45.7. The Labute approximate surface area is 191 Å². The number of hydrogen-bond donors (Lipinski definition) is 1. The van der Waals surface area contributed by atoms with E-state index in [-0.39, 0.29) is 18.1 Å². The van der Waals surface area contributed by atoms with E-state index in [0.717, 1.165) is 36.8 Å². The largest absolute Gasteiger partial charge is 0.416 e. The van der Waals surface area contributed by atoms with Crippen molar-refractivity contribution in [3.63, 3.8) is 0 Å². The highest BCUT2D eigenvalue weighted by Gasteiger charge is 2.43. The number of carbonyl (C=O) groups is 1. The van der Waals surface area contributed by atoms with Crippen molar-refractivity contribution in [2.24, 2.45) is 5.92 Å². The summed E-state index contributed by atoms with van der Waals surface area (Å²) in [5.41, 5.74) is 1.82. The first-order valence-corrected chi connectivity index (χ1v) is 11.6. The highest BCUT2D eigenvalue weighted by Crippen LogP contribution is 2.40. The molecule has 5 rings (SSSR count). The first-order valence-electron chi connectivity index (χ1n) is 11.6. The van der Waals surface area contributed by atoms with Gasteiger partial charge >= 0.3 is 6.18 Å². The number of anilines is 2. The smallest absolute Gasteiger partial charge is 0.376 e. The predicted molar refractivity (Wildman–Crippen MR) is 120 cm³/mol. The van der Waals surface area contributed by atoms with E-state index in [1.54, 1.807) is 6.07 Å². The number of alkyl halides is 3. The minimum atomic E-state index is -4.41. The third kappa shape index (κ3) is 4.53. The molecule has 1 N–H and O–H groups in total. The van der Waals surface area contributed by atoms with Crippen LogP contribution in [0.3, 0.4) is 0 Å². The molecule has 3 aliphatic heterocycles.